The number of hydrogen-bond acceptors (Lipinski definition) is 6. The largest absolute Gasteiger partial charge is 0.335 e. The third kappa shape index (κ3) is 4.35. The van der Waals surface area contributed by atoms with Gasteiger partial charge in [0.1, 0.15) is 0 Å². The SMILES string of the molecule is Cc1nn(-c2ccccc2)c(C)c1NC(=O)CSc1nnc(-c2ccccc2Br)n1N. The molecule has 0 spiro atoms. The molecule has 0 radical (unpaired) electrons. The van der Waals surface area contributed by atoms with E-state index in [2.05, 4.69) is 36.5 Å². The number of nitrogen functional groups attached to an aromatic ring is 1. The van der Waals surface area contributed by atoms with E-state index in [4.69, 9.17) is 5.84 Å². The molecule has 31 heavy (non-hydrogen) atoms. The second-order valence-electron chi connectivity index (χ2n) is 6.79. The van der Waals surface area contributed by atoms with Gasteiger partial charge in [0.25, 0.3) is 0 Å². The first-order valence-electron chi connectivity index (χ1n) is 9.45. The zero-order valence-corrected chi connectivity index (χ0v) is 19.3. The van der Waals surface area contributed by atoms with Crippen molar-refractivity contribution in [2.75, 3.05) is 16.9 Å². The van der Waals surface area contributed by atoms with Gasteiger partial charge in [0.15, 0.2) is 5.82 Å². The van der Waals surface area contributed by atoms with Crippen LogP contribution in [0, 0.1) is 13.8 Å². The first-order valence-corrected chi connectivity index (χ1v) is 11.2. The number of carbonyl (C=O) groups excluding carboxylic acids is 1. The summed E-state index contributed by atoms with van der Waals surface area (Å²) in [6, 6.07) is 17.4. The Kier molecular flexibility index (Phi) is 6.10. The van der Waals surface area contributed by atoms with Gasteiger partial charge in [0.05, 0.1) is 28.5 Å². The number of nitrogens with two attached hydrogens (primary N) is 1. The first-order chi connectivity index (χ1) is 15.0. The quantitative estimate of drug-likeness (QED) is 0.308. The lowest BCUT2D eigenvalue weighted by atomic mass is 10.2. The van der Waals surface area contributed by atoms with Gasteiger partial charge in [-0.15, -0.1) is 10.2 Å². The van der Waals surface area contributed by atoms with E-state index in [9.17, 15) is 4.79 Å². The number of aromatic nitrogens is 5. The average Bonchev–Trinajstić information content (AvgIpc) is 3.27. The van der Waals surface area contributed by atoms with Gasteiger partial charge in [-0.05, 0) is 38.1 Å². The highest BCUT2D eigenvalue weighted by Gasteiger charge is 2.18. The van der Waals surface area contributed by atoms with Crippen molar-refractivity contribution in [3.63, 3.8) is 0 Å². The summed E-state index contributed by atoms with van der Waals surface area (Å²) in [5.41, 5.74) is 4.08. The topological polar surface area (TPSA) is 104 Å². The molecule has 0 aliphatic rings. The Bertz CT molecular complexity index is 1240. The van der Waals surface area contributed by atoms with Gasteiger partial charge in [-0.25, -0.2) is 9.36 Å². The molecule has 4 aromatic rings. The maximum atomic E-state index is 12.6. The Morgan fingerprint density at radius 3 is 2.55 bits per heavy atom. The number of anilines is 1. The smallest absolute Gasteiger partial charge is 0.234 e. The second-order valence-corrected chi connectivity index (χ2v) is 8.58. The predicted molar refractivity (Wildman–Crippen MR) is 126 cm³/mol. The summed E-state index contributed by atoms with van der Waals surface area (Å²) in [5.74, 6) is 6.65. The Balaban J connectivity index is 1.45. The summed E-state index contributed by atoms with van der Waals surface area (Å²) in [6.07, 6.45) is 0. The number of amides is 1. The van der Waals surface area contributed by atoms with Gasteiger partial charge in [0, 0.05) is 10.0 Å². The van der Waals surface area contributed by atoms with Crippen LogP contribution in [-0.4, -0.2) is 36.3 Å². The van der Waals surface area contributed by atoms with Gasteiger partial charge in [-0.1, -0.05) is 58.0 Å². The van der Waals surface area contributed by atoms with E-state index in [-0.39, 0.29) is 11.7 Å². The fourth-order valence-corrected chi connectivity index (χ4v) is 4.27. The molecular formula is C21H20BrN7OS. The maximum absolute atomic E-state index is 12.6. The Morgan fingerprint density at radius 1 is 1.10 bits per heavy atom. The van der Waals surface area contributed by atoms with Gasteiger partial charge < -0.3 is 11.2 Å². The van der Waals surface area contributed by atoms with Crippen molar-refractivity contribution in [3.05, 3.63) is 70.5 Å². The molecule has 158 valence electrons. The maximum Gasteiger partial charge on any atom is 0.234 e. The highest BCUT2D eigenvalue weighted by atomic mass is 79.9. The lowest BCUT2D eigenvalue weighted by Gasteiger charge is -2.07. The summed E-state index contributed by atoms with van der Waals surface area (Å²) in [4.78, 5) is 12.6. The molecule has 4 rings (SSSR count). The number of carbonyl (C=O) groups is 1. The molecule has 10 heteroatoms. The molecule has 8 nitrogen and oxygen atoms in total. The second kappa shape index (κ2) is 8.94. The van der Waals surface area contributed by atoms with Gasteiger partial charge >= 0.3 is 0 Å². The minimum Gasteiger partial charge on any atom is -0.335 e. The molecule has 2 aromatic carbocycles. The number of para-hydroxylation sites is 1. The minimum absolute atomic E-state index is 0.140. The third-order valence-corrected chi connectivity index (χ3v) is 6.30. The number of benzene rings is 2. The zero-order valence-electron chi connectivity index (χ0n) is 16.9. The summed E-state index contributed by atoms with van der Waals surface area (Å²) in [6.45, 7) is 3.80. The molecule has 2 heterocycles. The van der Waals surface area contributed by atoms with Crippen molar-refractivity contribution in [1.82, 2.24) is 24.7 Å². The Labute approximate surface area is 192 Å². The lowest BCUT2D eigenvalue weighted by Crippen LogP contribution is -2.17. The summed E-state index contributed by atoms with van der Waals surface area (Å²) >= 11 is 4.71. The van der Waals surface area contributed by atoms with Crippen LogP contribution in [0.3, 0.4) is 0 Å². The number of aryl methyl sites for hydroxylation is 1. The Hall–Kier alpha value is -3.11. The van der Waals surface area contributed by atoms with E-state index in [1.807, 2.05) is 73.1 Å². The molecule has 0 aliphatic carbocycles. The van der Waals surface area contributed by atoms with E-state index < -0.39 is 0 Å². The minimum atomic E-state index is -0.172. The van der Waals surface area contributed by atoms with E-state index in [0.717, 1.165) is 27.1 Å². The third-order valence-electron chi connectivity index (χ3n) is 4.67. The molecule has 3 N–H and O–H groups in total. The van der Waals surface area contributed by atoms with Crippen LogP contribution in [0.4, 0.5) is 5.69 Å². The van der Waals surface area contributed by atoms with Crippen LogP contribution in [0.25, 0.3) is 17.1 Å². The van der Waals surface area contributed by atoms with Crippen LogP contribution >= 0.6 is 27.7 Å². The number of hydrogen-bond donors (Lipinski definition) is 2. The number of halogens is 1. The molecule has 0 unspecified atom stereocenters. The fraction of sp³-hybridized carbons (Fsp3) is 0.143. The van der Waals surface area contributed by atoms with Crippen molar-refractivity contribution < 1.29 is 4.79 Å². The van der Waals surface area contributed by atoms with Crippen LogP contribution < -0.4 is 11.2 Å². The molecule has 1 amide bonds. The highest BCUT2D eigenvalue weighted by Crippen LogP contribution is 2.28. The normalized spacial score (nSPS) is 10.9. The van der Waals surface area contributed by atoms with Crippen molar-refractivity contribution in [2.45, 2.75) is 19.0 Å². The van der Waals surface area contributed by atoms with Crippen molar-refractivity contribution in [2.24, 2.45) is 0 Å². The van der Waals surface area contributed by atoms with Crippen LogP contribution in [0.1, 0.15) is 11.4 Å². The monoisotopic (exact) mass is 497 g/mol. The standard InChI is InChI=1S/C21H20BrN7OS/c1-13-19(14(2)29(27-13)15-8-4-3-5-9-15)24-18(30)12-31-21-26-25-20(28(21)23)16-10-6-7-11-17(16)22/h3-11H,12,23H2,1-2H3,(H,24,30). The van der Waals surface area contributed by atoms with Crippen LogP contribution in [0.15, 0.2) is 64.2 Å². The molecular weight excluding hydrogens is 478 g/mol. The number of thioether (sulfide) groups is 1. The molecule has 0 bridgehead atoms. The van der Waals surface area contributed by atoms with Gasteiger partial charge in [0.2, 0.25) is 11.1 Å². The van der Waals surface area contributed by atoms with Crippen molar-refractivity contribution >= 4 is 39.3 Å². The number of nitrogens with zero attached hydrogens (tertiary/aromatic N) is 5. The first kappa shape index (κ1) is 21.1. The zero-order chi connectivity index (χ0) is 22.0. The summed E-state index contributed by atoms with van der Waals surface area (Å²) in [5, 5.41) is 16.3. The van der Waals surface area contributed by atoms with Crippen molar-refractivity contribution in [3.8, 4) is 17.1 Å². The molecule has 0 atom stereocenters. The summed E-state index contributed by atoms with van der Waals surface area (Å²) < 4.78 is 4.07. The molecule has 0 fully saturated rings. The highest BCUT2D eigenvalue weighted by molar-refractivity contribution is 9.10. The Morgan fingerprint density at radius 2 is 1.81 bits per heavy atom. The van der Waals surface area contributed by atoms with E-state index in [0.29, 0.717) is 16.7 Å². The molecule has 0 saturated heterocycles. The van der Waals surface area contributed by atoms with Crippen molar-refractivity contribution in [1.29, 1.82) is 0 Å². The molecule has 2 aromatic heterocycles. The van der Waals surface area contributed by atoms with E-state index in [1.165, 1.54) is 16.4 Å². The van der Waals surface area contributed by atoms with E-state index in [1.54, 1.807) is 0 Å². The van der Waals surface area contributed by atoms with Gasteiger partial charge in [-0.3, -0.25) is 4.79 Å². The predicted octanol–water partition coefficient (Wildman–Crippen LogP) is 3.95. The molecule has 0 saturated carbocycles. The van der Waals surface area contributed by atoms with Crippen LogP contribution in [0.2, 0.25) is 0 Å². The fourth-order valence-electron chi connectivity index (χ4n) is 3.15. The average molecular weight is 498 g/mol. The van der Waals surface area contributed by atoms with E-state index >= 15 is 0 Å². The van der Waals surface area contributed by atoms with Gasteiger partial charge in [-0.2, -0.15) is 5.10 Å². The van der Waals surface area contributed by atoms with Crippen LogP contribution in [0.5, 0.6) is 0 Å². The number of nitrogens with one attached hydrogen (secondary N) is 1. The number of rotatable bonds is 6. The summed E-state index contributed by atoms with van der Waals surface area (Å²) in [7, 11) is 0. The van der Waals surface area contributed by atoms with Crippen LogP contribution in [-0.2, 0) is 4.79 Å². The molecule has 0 aliphatic heterocycles. The lowest BCUT2D eigenvalue weighted by molar-refractivity contribution is -0.113.